The van der Waals surface area contributed by atoms with Gasteiger partial charge in [-0.25, -0.2) is 0 Å². The zero-order valence-corrected chi connectivity index (χ0v) is 12.7. The number of aldehydes is 2. The molecule has 1 aromatic carbocycles. The van der Waals surface area contributed by atoms with Crippen molar-refractivity contribution in [1.29, 1.82) is 0 Å². The molecule has 21 heavy (non-hydrogen) atoms. The van der Waals surface area contributed by atoms with Crippen LogP contribution in [0.4, 0.5) is 0 Å². The van der Waals surface area contributed by atoms with Crippen molar-refractivity contribution in [3.8, 4) is 0 Å². The molecule has 0 saturated carbocycles. The number of benzene rings is 1. The Kier molecular flexibility index (Phi) is 4.94. The molecule has 0 radical (unpaired) electrons. The third-order valence-corrected chi connectivity index (χ3v) is 4.75. The van der Waals surface area contributed by atoms with Gasteiger partial charge in [-0.15, -0.1) is 0 Å². The lowest BCUT2D eigenvalue weighted by molar-refractivity contribution is -0.108. The molecule has 0 fully saturated rings. The molecular weight excluding hydrogens is 262 g/mol. The van der Waals surface area contributed by atoms with Gasteiger partial charge in [0.25, 0.3) is 0 Å². The van der Waals surface area contributed by atoms with Crippen LogP contribution < -0.4 is 5.32 Å². The topological polar surface area (TPSA) is 46.2 Å². The molecule has 0 aromatic heterocycles. The Labute approximate surface area is 126 Å². The van der Waals surface area contributed by atoms with Crippen molar-refractivity contribution >= 4 is 12.6 Å². The molecule has 1 aliphatic carbocycles. The first-order valence-corrected chi connectivity index (χ1v) is 7.53. The molecule has 0 heterocycles. The van der Waals surface area contributed by atoms with Crippen LogP contribution in [0, 0.1) is 5.92 Å². The third kappa shape index (κ3) is 2.92. The van der Waals surface area contributed by atoms with Crippen molar-refractivity contribution < 1.29 is 9.59 Å². The summed E-state index contributed by atoms with van der Waals surface area (Å²) in [5, 5.41) is 2.99. The van der Waals surface area contributed by atoms with Crippen LogP contribution in [0.3, 0.4) is 0 Å². The summed E-state index contributed by atoms with van der Waals surface area (Å²) in [6.07, 6.45) is 7.35. The number of fused-ring (bicyclic) bond motifs is 1. The number of nitrogens with one attached hydrogen (secondary N) is 1. The molecule has 1 aromatic rings. The van der Waals surface area contributed by atoms with Crippen molar-refractivity contribution in [2.75, 3.05) is 6.54 Å². The molecule has 112 valence electrons. The highest BCUT2D eigenvalue weighted by molar-refractivity contribution is 5.52. The zero-order valence-electron chi connectivity index (χ0n) is 12.7. The normalized spacial score (nSPS) is 27.5. The minimum absolute atomic E-state index is 0.102. The number of carbonyl (C=O) groups excluding carboxylic acids is 2. The SMILES string of the molecule is CC1c2ccccc2[C@](C)(/C=C\NCC=O)C1CCC=O. The van der Waals surface area contributed by atoms with Crippen LogP contribution in [0.1, 0.15) is 43.7 Å². The lowest BCUT2D eigenvalue weighted by atomic mass is 9.72. The summed E-state index contributed by atoms with van der Waals surface area (Å²) in [7, 11) is 0. The predicted molar refractivity (Wildman–Crippen MR) is 84.2 cm³/mol. The fourth-order valence-electron chi connectivity index (χ4n) is 3.68. The first-order valence-electron chi connectivity index (χ1n) is 7.53. The van der Waals surface area contributed by atoms with E-state index in [0.29, 0.717) is 24.8 Å². The Morgan fingerprint density at radius 1 is 1.24 bits per heavy atom. The van der Waals surface area contributed by atoms with Gasteiger partial charge in [0.1, 0.15) is 12.6 Å². The molecule has 2 unspecified atom stereocenters. The fraction of sp³-hybridized carbons (Fsp3) is 0.444. The van der Waals surface area contributed by atoms with Crippen LogP contribution in [-0.2, 0) is 15.0 Å². The molecule has 0 bridgehead atoms. The van der Waals surface area contributed by atoms with Crippen LogP contribution in [0.5, 0.6) is 0 Å². The molecule has 3 nitrogen and oxygen atoms in total. The van der Waals surface area contributed by atoms with E-state index >= 15 is 0 Å². The Hall–Kier alpha value is -1.90. The maximum Gasteiger partial charge on any atom is 0.139 e. The van der Waals surface area contributed by atoms with Gasteiger partial charge in [-0.1, -0.05) is 44.2 Å². The second-order valence-electron chi connectivity index (χ2n) is 5.92. The molecule has 0 spiro atoms. The first-order chi connectivity index (χ1) is 10.1. The minimum atomic E-state index is -0.102. The molecule has 2 rings (SSSR count). The molecule has 1 N–H and O–H groups in total. The smallest absolute Gasteiger partial charge is 0.139 e. The lowest BCUT2D eigenvalue weighted by Gasteiger charge is -2.31. The molecular formula is C18H23NO2. The molecule has 3 atom stereocenters. The van der Waals surface area contributed by atoms with E-state index in [1.807, 2.05) is 6.20 Å². The number of hydrogen-bond acceptors (Lipinski definition) is 3. The Bertz CT molecular complexity index is 538. The quantitative estimate of drug-likeness (QED) is 0.619. The fourth-order valence-corrected chi connectivity index (χ4v) is 3.68. The standard InChI is InChI=1S/C18H23NO2/c1-14-15-6-3-4-7-17(15)18(2,9-10-19-11-13-21)16(14)8-5-12-20/h3-4,6-7,9-10,12-14,16,19H,5,8,11H2,1-2H3/b10-9-/t14?,16?,18-/m1/s1. The van der Waals surface area contributed by atoms with Crippen LogP contribution in [-0.4, -0.2) is 19.1 Å². The Balaban J connectivity index is 2.34. The summed E-state index contributed by atoms with van der Waals surface area (Å²) in [4.78, 5) is 21.2. The summed E-state index contributed by atoms with van der Waals surface area (Å²) in [6, 6.07) is 8.51. The molecule has 0 amide bonds. The molecule has 3 heteroatoms. The largest absolute Gasteiger partial charge is 0.384 e. The minimum Gasteiger partial charge on any atom is -0.384 e. The van der Waals surface area contributed by atoms with Crippen LogP contribution in [0.25, 0.3) is 0 Å². The van der Waals surface area contributed by atoms with Gasteiger partial charge in [-0.3, -0.25) is 0 Å². The van der Waals surface area contributed by atoms with Crippen LogP contribution in [0.2, 0.25) is 0 Å². The maximum absolute atomic E-state index is 10.8. The molecule has 0 saturated heterocycles. The van der Waals surface area contributed by atoms with Crippen molar-refractivity contribution in [3.05, 3.63) is 47.7 Å². The van der Waals surface area contributed by atoms with Gasteiger partial charge in [-0.05, 0) is 35.6 Å². The highest BCUT2D eigenvalue weighted by Gasteiger charge is 2.44. The van der Waals surface area contributed by atoms with E-state index in [4.69, 9.17) is 0 Å². The van der Waals surface area contributed by atoms with Crippen LogP contribution in [0.15, 0.2) is 36.5 Å². The average Bonchev–Trinajstić information content (AvgIpc) is 2.71. The van der Waals surface area contributed by atoms with E-state index in [1.54, 1.807) is 0 Å². The van der Waals surface area contributed by atoms with Crippen molar-refractivity contribution in [3.63, 3.8) is 0 Å². The Morgan fingerprint density at radius 3 is 2.71 bits per heavy atom. The second kappa shape index (κ2) is 6.70. The maximum atomic E-state index is 10.8. The summed E-state index contributed by atoms with van der Waals surface area (Å²) in [6.45, 7) is 4.79. The number of hydrogen-bond donors (Lipinski definition) is 1. The average molecular weight is 285 g/mol. The predicted octanol–water partition coefficient (Wildman–Crippen LogP) is 2.96. The van der Waals surface area contributed by atoms with Crippen molar-refractivity contribution in [2.24, 2.45) is 5.92 Å². The van der Waals surface area contributed by atoms with Gasteiger partial charge >= 0.3 is 0 Å². The summed E-state index contributed by atoms with van der Waals surface area (Å²) in [5.74, 6) is 0.830. The number of rotatable bonds is 7. The third-order valence-electron chi connectivity index (χ3n) is 4.75. The Morgan fingerprint density at radius 2 is 2.00 bits per heavy atom. The molecule has 0 aliphatic heterocycles. The van der Waals surface area contributed by atoms with E-state index in [2.05, 4.69) is 49.5 Å². The zero-order chi connectivity index (χ0) is 15.3. The van der Waals surface area contributed by atoms with Gasteiger partial charge in [0.15, 0.2) is 0 Å². The van der Waals surface area contributed by atoms with Gasteiger partial charge in [0.05, 0.1) is 6.54 Å². The first kappa shape index (κ1) is 15.5. The van der Waals surface area contributed by atoms with Crippen molar-refractivity contribution in [2.45, 2.75) is 38.0 Å². The van der Waals surface area contributed by atoms with Gasteiger partial charge in [0.2, 0.25) is 0 Å². The van der Waals surface area contributed by atoms with Gasteiger partial charge < -0.3 is 14.9 Å². The highest BCUT2D eigenvalue weighted by atomic mass is 16.1. The van der Waals surface area contributed by atoms with Gasteiger partial charge in [0, 0.05) is 11.8 Å². The van der Waals surface area contributed by atoms with E-state index < -0.39 is 0 Å². The second-order valence-corrected chi connectivity index (χ2v) is 5.92. The van der Waals surface area contributed by atoms with Crippen LogP contribution >= 0.6 is 0 Å². The highest BCUT2D eigenvalue weighted by Crippen LogP contribution is 2.52. The summed E-state index contributed by atoms with van der Waals surface area (Å²) < 4.78 is 0. The summed E-state index contributed by atoms with van der Waals surface area (Å²) in [5.41, 5.74) is 2.60. The van der Waals surface area contributed by atoms with E-state index in [0.717, 1.165) is 19.0 Å². The number of carbonyl (C=O) groups is 2. The van der Waals surface area contributed by atoms with E-state index in [9.17, 15) is 9.59 Å². The summed E-state index contributed by atoms with van der Waals surface area (Å²) >= 11 is 0. The van der Waals surface area contributed by atoms with Gasteiger partial charge in [-0.2, -0.15) is 0 Å². The number of allylic oxidation sites excluding steroid dienone is 1. The van der Waals surface area contributed by atoms with Crippen molar-refractivity contribution in [1.82, 2.24) is 5.32 Å². The van der Waals surface area contributed by atoms with E-state index in [1.165, 1.54) is 11.1 Å². The van der Waals surface area contributed by atoms with E-state index in [-0.39, 0.29) is 5.41 Å². The monoisotopic (exact) mass is 285 g/mol. The lowest BCUT2D eigenvalue weighted by Crippen LogP contribution is -2.28. The molecule has 1 aliphatic rings.